The summed E-state index contributed by atoms with van der Waals surface area (Å²) in [7, 11) is 0. The van der Waals surface area contributed by atoms with Crippen LogP contribution in [0.2, 0.25) is 0 Å². The fourth-order valence-corrected chi connectivity index (χ4v) is 3.55. The van der Waals surface area contributed by atoms with Crippen LogP contribution in [0, 0.1) is 12.8 Å². The summed E-state index contributed by atoms with van der Waals surface area (Å²) in [6.45, 7) is 1.96. The number of alkyl halides is 5. The van der Waals surface area contributed by atoms with Crippen molar-refractivity contribution in [1.82, 2.24) is 0 Å². The summed E-state index contributed by atoms with van der Waals surface area (Å²) in [5.74, 6) is -2.76. The molecule has 162 valence electrons. The summed E-state index contributed by atoms with van der Waals surface area (Å²) >= 11 is 0. The summed E-state index contributed by atoms with van der Waals surface area (Å²) in [4.78, 5) is 0. The number of benzene rings is 2. The maximum atomic E-state index is 14.5. The van der Waals surface area contributed by atoms with Gasteiger partial charge in [-0.2, -0.15) is 22.0 Å². The van der Waals surface area contributed by atoms with Crippen molar-refractivity contribution in [2.24, 2.45) is 5.92 Å². The fourth-order valence-electron chi connectivity index (χ4n) is 3.55. The van der Waals surface area contributed by atoms with Gasteiger partial charge in [-0.25, -0.2) is 4.39 Å². The van der Waals surface area contributed by atoms with Gasteiger partial charge < -0.3 is 4.74 Å². The van der Waals surface area contributed by atoms with E-state index in [1.807, 2.05) is 31.2 Å². The molecule has 30 heavy (non-hydrogen) atoms. The van der Waals surface area contributed by atoms with E-state index >= 15 is 0 Å². The number of aryl methyl sites for hydroxylation is 1. The first-order valence-corrected chi connectivity index (χ1v) is 9.72. The van der Waals surface area contributed by atoms with Gasteiger partial charge in [0, 0.05) is 0 Å². The van der Waals surface area contributed by atoms with Crippen molar-refractivity contribution in [3.63, 3.8) is 0 Å². The number of halogens is 6. The molecule has 2 aromatic rings. The largest absolute Gasteiger partial charge is 0.442 e. The first-order chi connectivity index (χ1) is 14.0. The van der Waals surface area contributed by atoms with E-state index in [4.69, 9.17) is 4.74 Å². The molecule has 1 fully saturated rings. The van der Waals surface area contributed by atoms with Crippen LogP contribution in [0.1, 0.15) is 36.8 Å². The summed E-state index contributed by atoms with van der Waals surface area (Å²) in [5, 5.41) is 0. The molecule has 2 aromatic carbocycles. The maximum Gasteiger partial charge on any atom is 0.442 e. The quantitative estimate of drug-likeness (QED) is 0.443. The lowest BCUT2D eigenvalue weighted by Crippen LogP contribution is -2.29. The van der Waals surface area contributed by atoms with Gasteiger partial charge in [0.2, 0.25) is 0 Å². The molecule has 1 nitrogen and oxygen atoms in total. The SMILES string of the molecule is Cc1ccc(-c2ccc(C(F)(F)OC3CCC(C=C(F)C(F)(F)F)CC3)cc2)cc1. The highest BCUT2D eigenvalue weighted by molar-refractivity contribution is 5.64. The van der Waals surface area contributed by atoms with Crippen molar-refractivity contribution in [3.05, 3.63) is 71.6 Å². The number of hydrogen-bond acceptors (Lipinski definition) is 1. The molecule has 0 bridgehead atoms. The van der Waals surface area contributed by atoms with Crippen LogP contribution in [0.5, 0.6) is 0 Å². The molecule has 0 N–H and O–H groups in total. The lowest BCUT2D eigenvalue weighted by Gasteiger charge is -2.30. The minimum absolute atomic E-state index is 0.142. The second-order valence-corrected chi connectivity index (χ2v) is 7.63. The van der Waals surface area contributed by atoms with Gasteiger partial charge in [-0.1, -0.05) is 42.0 Å². The number of hydrogen-bond donors (Lipinski definition) is 0. The van der Waals surface area contributed by atoms with Crippen LogP contribution in [0.3, 0.4) is 0 Å². The Kier molecular flexibility index (Phi) is 6.60. The number of rotatable bonds is 5. The molecule has 7 heteroatoms. The molecule has 1 saturated carbocycles. The van der Waals surface area contributed by atoms with Crippen molar-refractivity contribution in [2.75, 3.05) is 0 Å². The van der Waals surface area contributed by atoms with Crippen LogP contribution in [0.15, 0.2) is 60.4 Å². The Balaban J connectivity index is 1.60. The molecule has 0 saturated heterocycles. The summed E-state index contributed by atoms with van der Waals surface area (Å²) < 4.78 is 84.0. The summed E-state index contributed by atoms with van der Waals surface area (Å²) in [6.07, 6.45) is -8.17. The minimum atomic E-state index is -5.01. The van der Waals surface area contributed by atoms with Crippen molar-refractivity contribution in [3.8, 4) is 11.1 Å². The van der Waals surface area contributed by atoms with E-state index in [0.29, 0.717) is 6.08 Å². The number of ether oxygens (including phenoxy) is 1. The zero-order valence-corrected chi connectivity index (χ0v) is 16.4. The van der Waals surface area contributed by atoms with E-state index in [2.05, 4.69) is 0 Å². The third kappa shape index (κ3) is 5.65. The molecular formula is C23H22F6O. The molecule has 0 radical (unpaired) electrons. The van der Waals surface area contributed by atoms with E-state index in [9.17, 15) is 26.3 Å². The third-order valence-corrected chi connectivity index (χ3v) is 5.29. The number of allylic oxidation sites excluding steroid dienone is 2. The predicted octanol–water partition coefficient (Wildman–Crippen LogP) is 7.70. The van der Waals surface area contributed by atoms with E-state index in [-0.39, 0.29) is 31.2 Å². The van der Waals surface area contributed by atoms with Crippen molar-refractivity contribution in [1.29, 1.82) is 0 Å². The monoisotopic (exact) mass is 428 g/mol. The van der Waals surface area contributed by atoms with Gasteiger partial charge in [0.15, 0.2) is 5.83 Å². The standard InChI is InChI=1S/C23H22F6O/c1-15-2-6-17(7-3-15)18-8-10-19(11-9-18)23(28,29)30-20-12-4-16(5-13-20)14-21(24)22(25,26)27/h2-3,6-11,14,16,20H,4-5,12-13H2,1H3. The topological polar surface area (TPSA) is 9.23 Å². The molecular weight excluding hydrogens is 406 g/mol. The zero-order chi connectivity index (χ0) is 21.9. The fraction of sp³-hybridized carbons (Fsp3) is 0.391. The van der Waals surface area contributed by atoms with Crippen molar-refractivity contribution < 1.29 is 31.1 Å². The highest BCUT2D eigenvalue weighted by atomic mass is 19.4. The molecule has 0 amide bonds. The van der Waals surface area contributed by atoms with Crippen LogP contribution in [-0.2, 0) is 10.8 Å². The highest BCUT2D eigenvalue weighted by Crippen LogP contribution is 2.38. The second kappa shape index (κ2) is 8.84. The van der Waals surface area contributed by atoms with E-state index in [1.54, 1.807) is 12.1 Å². The average molecular weight is 428 g/mol. The Morgan fingerprint density at radius 3 is 1.83 bits per heavy atom. The van der Waals surface area contributed by atoms with Crippen LogP contribution in [-0.4, -0.2) is 12.3 Å². The molecule has 0 heterocycles. The van der Waals surface area contributed by atoms with Crippen molar-refractivity contribution in [2.45, 2.75) is 51.0 Å². The van der Waals surface area contributed by atoms with Crippen molar-refractivity contribution >= 4 is 0 Å². The van der Waals surface area contributed by atoms with Gasteiger partial charge in [0.05, 0.1) is 11.7 Å². The molecule has 3 rings (SSSR count). The van der Waals surface area contributed by atoms with Gasteiger partial charge in [-0.3, -0.25) is 0 Å². The third-order valence-electron chi connectivity index (χ3n) is 5.29. The Labute approximate surface area is 171 Å². The molecule has 1 aliphatic carbocycles. The lowest BCUT2D eigenvalue weighted by molar-refractivity contribution is -0.277. The Morgan fingerprint density at radius 2 is 1.33 bits per heavy atom. The van der Waals surface area contributed by atoms with Crippen LogP contribution < -0.4 is 0 Å². The summed E-state index contributed by atoms with van der Waals surface area (Å²) in [5.41, 5.74) is 2.52. The lowest BCUT2D eigenvalue weighted by atomic mass is 9.87. The van der Waals surface area contributed by atoms with E-state index in [0.717, 1.165) is 16.7 Å². The molecule has 1 aliphatic rings. The van der Waals surface area contributed by atoms with Gasteiger partial charge in [-0.15, -0.1) is 0 Å². The van der Waals surface area contributed by atoms with E-state index in [1.165, 1.54) is 12.1 Å². The Morgan fingerprint density at radius 1 is 0.833 bits per heavy atom. The van der Waals surface area contributed by atoms with Gasteiger partial charge in [0.25, 0.3) is 0 Å². The van der Waals surface area contributed by atoms with Crippen LogP contribution in [0.4, 0.5) is 26.3 Å². The highest BCUT2D eigenvalue weighted by Gasteiger charge is 2.38. The smallest absolute Gasteiger partial charge is 0.313 e. The predicted molar refractivity (Wildman–Crippen MR) is 103 cm³/mol. The molecule has 0 aromatic heterocycles. The van der Waals surface area contributed by atoms with Gasteiger partial charge in [-0.05, 0) is 67.9 Å². The Bertz CT molecular complexity index is 860. The zero-order valence-electron chi connectivity index (χ0n) is 16.4. The molecule has 0 spiro atoms. The molecule has 0 atom stereocenters. The van der Waals surface area contributed by atoms with Gasteiger partial charge in [0.1, 0.15) is 0 Å². The second-order valence-electron chi connectivity index (χ2n) is 7.63. The first kappa shape index (κ1) is 22.4. The average Bonchev–Trinajstić information content (AvgIpc) is 2.69. The summed E-state index contributed by atoms with van der Waals surface area (Å²) in [6, 6.07) is 13.5. The first-order valence-electron chi connectivity index (χ1n) is 9.72. The Hall–Kier alpha value is -2.28. The maximum absolute atomic E-state index is 14.5. The van der Waals surface area contributed by atoms with Gasteiger partial charge >= 0.3 is 12.3 Å². The normalized spacial score (nSPS) is 21.0. The van der Waals surface area contributed by atoms with Crippen LogP contribution in [0.25, 0.3) is 11.1 Å². The van der Waals surface area contributed by atoms with Crippen LogP contribution >= 0.6 is 0 Å². The van der Waals surface area contributed by atoms with E-state index < -0.39 is 30.1 Å². The molecule has 0 unspecified atom stereocenters. The molecule has 0 aliphatic heterocycles. The minimum Gasteiger partial charge on any atom is -0.313 e.